The molecule has 0 aliphatic carbocycles. The van der Waals surface area contributed by atoms with E-state index in [9.17, 15) is 4.79 Å². The molecule has 2 heteroatoms. The van der Waals surface area contributed by atoms with Gasteiger partial charge in [-0.1, -0.05) is 0 Å². The molecule has 1 atom stereocenters. The normalized spacial score (nSPS) is 13.6. The number of nitrogens with one attached hydrogen (secondary N) is 1. The molecule has 0 aromatic heterocycles. The Morgan fingerprint density at radius 1 is 1.71 bits per heavy atom. The number of Topliss-reactive ketones (excluding diaryl/α,β-unsaturated/α-hetero) is 1. The van der Waals surface area contributed by atoms with Crippen molar-refractivity contribution in [1.82, 2.24) is 5.32 Å². The van der Waals surface area contributed by atoms with Crippen LogP contribution in [0.1, 0.15) is 13.8 Å². The van der Waals surface area contributed by atoms with Gasteiger partial charge in [0.2, 0.25) is 0 Å². The van der Waals surface area contributed by atoms with Gasteiger partial charge >= 0.3 is 0 Å². The zero-order chi connectivity index (χ0) is 5.86. The van der Waals surface area contributed by atoms with Gasteiger partial charge in [0, 0.05) is 0 Å². The smallest absolute Gasteiger partial charge is 0.146 e. The van der Waals surface area contributed by atoms with E-state index in [2.05, 4.69) is 5.32 Å². The lowest BCUT2D eigenvalue weighted by Gasteiger charge is -2.01. The molecule has 0 aliphatic rings. The summed E-state index contributed by atoms with van der Waals surface area (Å²) in [6, 6.07) is 0.0139. The minimum Gasteiger partial charge on any atom is -0.311 e. The first kappa shape index (κ1) is 6.63. The van der Waals surface area contributed by atoms with Crippen LogP contribution in [0.4, 0.5) is 0 Å². The van der Waals surface area contributed by atoms with Gasteiger partial charge in [-0.2, -0.15) is 0 Å². The summed E-state index contributed by atoms with van der Waals surface area (Å²) in [4.78, 5) is 10.3. The third kappa shape index (κ3) is 2.34. The second kappa shape index (κ2) is 2.75. The van der Waals surface area contributed by atoms with Crippen LogP contribution in [0.25, 0.3) is 0 Å². The Bertz CT molecular complexity index is 70.5. The maximum atomic E-state index is 10.3. The molecule has 0 heterocycles. The monoisotopic (exact) mass is 101 g/mol. The summed E-state index contributed by atoms with van der Waals surface area (Å²) in [5.41, 5.74) is 0. The molecule has 1 N–H and O–H groups in total. The maximum absolute atomic E-state index is 10.3. The maximum Gasteiger partial charge on any atom is 0.146 e. The third-order valence-electron chi connectivity index (χ3n) is 1.04. The molecule has 0 fully saturated rings. The minimum absolute atomic E-state index is 0.0139. The number of rotatable bonds is 2. The second-order valence-corrected chi connectivity index (χ2v) is 1.62. The summed E-state index contributed by atoms with van der Waals surface area (Å²) in [7, 11) is 1.77. The number of likely N-dealkylation sites (N-methyl/N-ethyl adjacent to an activating group) is 1. The summed E-state index contributed by atoms with van der Waals surface area (Å²) in [5.74, 6) is 0.183. The van der Waals surface area contributed by atoms with Crippen LogP contribution in [0.2, 0.25) is 0 Å². The van der Waals surface area contributed by atoms with E-state index in [1.54, 1.807) is 14.0 Å². The third-order valence-corrected chi connectivity index (χ3v) is 1.04. The summed E-state index contributed by atoms with van der Waals surface area (Å²) < 4.78 is 0. The van der Waals surface area contributed by atoms with Gasteiger partial charge in [0.05, 0.1) is 6.04 Å². The second-order valence-electron chi connectivity index (χ2n) is 1.62. The molecule has 0 aliphatic heterocycles. The molecule has 0 saturated carbocycles. The summed E-state index contributed by atoms with van der Waals surface area (Å²) in [6.45, 7) is 3.41. The highest BCUT2D eigenvalue weighted by molar-refractivity contribution is 5.80. The first-order valence-corrected chi connectivity index (χ1v) is 2.36. The molecule has 2 nitrogen and oxygen atoms in total. The van der Waals surface area contributed by atoms with Crippen molar-refractivity contribution >= 4 is 5.78 Å². The Balaban J connectivity index is 3.34. The lowest BCUT2D eigenvalue weighted by atomic mass is 10.2. The van der Waals surface area contributed by atoms with E-state index in [4.69, 9.17) is 0 Å². The van der Waals surface area contributed by atoms with Gasteiger partial charge in [-0.3, -0.25) is 4.79 Å². The molecule has 7 heavy (non-hydrogen) atoms. The highest BCUT2D eigenvalue weighted by Crippen LogP contribution is 1.77. The lowest BCUT2D eigenvalue weighted by Crippen LogP contribution is -2.28. The largest absolute Gasteiger partial charge is 0.311 e. The van der Waals surface area contributed by atoms with Crippen LogP contribution in [0.15, 0.2) is 0 Å². The van der Waals surface area contributed by atoms with Gasteiger partial charge in [0.1, 0.15) is 5.78 Å². The first-order chi connectivity index (χ1) is 3.18. The predicted octanol–water partition coefficient (Wildman–Crippen LogP) is 0.183. The zero-order valence-electron chi connectivity index (χ0n) is 4.99. The Labute approximate surface area is 43.9 Å². The highest BCUT2D eigenvalue weighted by Gasteiger charge is 2.00. The van der Waals surface area contributed by atoms with E-state index in [1.807, 2.05) is 6.92 Å². The van der Waals surface area contributed by atoms with Crippen molar-refractivity contribution in [2.24, 2.45) is 0 Å². The van der Waals surface area contributed by atoms with Crippen molar-refractivity contribution in [3.8, 4) is 0 Å². The molecule has 0 bridgehead atoms. The van der Waals surface area contributed by atoms with Gasteiger partial charge in [-0.15, -0.1) is 0 Å². The Morgan fingerprint density at radius 2 is 2.14 bits per heavy atom. The molecular formula is C5H11NO. The topological polar surface area (TPSA) is 29.1 Å². The van der Waals surface area contributed by atoms with Crippen LogP contribution in [-0.4, -0.2) is 18.9 Å². The average molecular weight is 101 g/mol. The molecule has 42 valence electrons. The molecular weight excluding hydrogens is 90.1 g/mol. The fourth-order valence-corrected chi connectivity index (χ4v) is 0.203. The first-order valence-electron chi connectivity index (χ1n) is 2.36. The number of hydrogen-bond donors (Lipinski definition) is 1. The van der Waals surface area contributed by atoms with Crippen LogP contribution >= 0.6 is 0 Å². The van der Waals surface area contributed by atoms with Gasteiger partial charge in [-0.05, 0) is 20.9 Å². The summed E-state index contributed by atoms with van der Waals surface area (Å²) in [6.07, 6.45) is 0. The van der Waals surface area contributed by atoms with Gasteiger partial charge < -0.3 is 5.32 Å². The molecule has 0 aromatic rings. The van der Waals surface area contributed by atoms with Crippen molar-refractivity contribution in [3.63, 3.8) is 0 Å². The quantitative estimate of drug-likeness (QED) is 0.537. The molecule has 0 spiro atoms. The minimum atomic E-state index is 0.0139. The molecule has 0 rings (SSSR count). The Kier molecular flexibility index (Phi) is 2.60. The number of hydrogen-bond acceptors (Lipinski definition) is 2. The van der Waals surface area contributed by atoms with E-state index in [0.717, 1.165) is 0 Å². The van der Waals surface area contributed by atoms with Crippen molar-refractivity contribution in [2.45, 2.75) is 19.9 Å². The van der Waals surface area contributed by atoms with E-state index < -0.39 is 0 Å². The Morgan fingerprint density at radius 3 is 2.14 bits per heavy atom. The number of ketones is 1. The predicted molar refractivity (Wildman–Crippen MR) is 29.2 cm³/mol. The lowest BCUT2D eigenvalue weighted by molar-refractivity contribution is -0.118. The van der Waals surface area contributed by atoms with E-state index >= 15 is 0 Å². The van der Waals surface area contributed by atoms with E-state index in [1.165, 1.54) is 0 Å². The SMILES string of the molecule is CNC(C)C(C)=O. The number of carbonyl (C=O) groups is 1. The van der Waals surface area contributed by atoms with Crippen LogP contribution in [0.5, 0.6) is 0 Å². The standard InChI is InChI=1S/C5H11NO/c1-4(6-3)5(2)7/h4,6H,1-3H3. The fourth-order valence-electron chi connectivity index (χ4n) is 0.203. The van der Waals surface area contributed by atoms with Crippen LogP contribution in [0, 0.1) is 0 Å². The number of carbonyl (C=O) groups excluding carboxylic acids is 1. The van der Waals surface area contributed by atoms with Crippen molar-refractivity contribution < 1.29 is 4.79 Å². The molecule has 0 amide bonds. The molecule has 0 aromatic carbocycles. The van der Waals surface area contributed by atoms with Crippen molar-refractivity contribution in [3.05, 3.63) is 0 Å². The van der Waals surface area contributed by atoms with E-state index in [0.29, 0.717) is 0 Å². The molecule has 1 unspecified atom stereocenters. The van der Waals surface area contributed by atoms with Crippen molar-refractivity contribution in [1.29, 1.82) is 0 Å². The van der Waals surface area contributed by atoms with Gasteiger partial charge in [0.25, 0.3) is 0 Å². The highest BCUT2D eigenvalue weighted by atomic mass is 16.1. The van der Waals surface area contributed by atoms with Gasteiger partial charge in [-0.25, -0.2) is 0 Å². The molecule has 0 saturated heterocycles. The zero-order valence-corrected chi connectivity index (χ0v) is 4.99. The van der Waals surface area contributed by atoms with E-state index in [-0.39, 0.29) is 11.8 Å². The average Bonchev–Trinajstić information content (AvgIpc) is 1.65. The summed E-state index contributed by atoms with van der Waals surface area (Å²) >= 11 is 0. The van der Waals surface area contributed by atoms with Crippen LogP contribution in [-0.2, 0) is 4.79 Å². The van der Waals surface area contributed by atoms with Crippen molar-refractivity contribution in [2.75, 3.05) is 7.05 Å². The fraction of sp³-hybridized carbons (Fsp3) is 0.800. The molecule has 0 radical (unpaired) electrons. The van der Waals surface area contributed by atoms with Gasteiger partial charge in [0.15, 0.2) is 0 Å². The Hall–Kier alpha value is -0.370. The van der Waals surface area contributed by atoms with Crippen LogP contribution < -0.4 is 5.32 Å². The summed E-state index contributed by atoms with van der Waals surface area (Å²) in [5, 5.41) is 2.81. The van der Waals surface area contributed by atoms with Crippen LogP contribution in [0.3, 0.4) is 0 Å².